The minimum Gasteiger partial charge on any atom is -0.478 e. The first kappa shape index (κ1) is 16.0. The fourth-order valence-electron chi connectivity index (χ4n) is 1.81. The van der Waals surface area contributed by atoms with Crippen LogP contribution in [0.2, 0.25) is 5.02 Å². The largest absolute Gasteiger partial charge is 0.478 e. The fourth-order valence-corrected chi connectivity index (χ4v) is 3.43. The van der Waals surface area contributed by atoms with Crippen molar-refractivity contribution in [3.63, 3.8) is 0 Å². The molecule has 2 rings (SSSR count). The van der Waals surface area contributed by atoms with E-state index in [0.717, 1.165) is 4.88 Å². The maximum absolute atomic E-state index is 12.3. The number of carboxylic acids is 1. The van der Waals surface area contributed by atoms with Crippen LogP contribution in [0.4, 0.5) is 5.00 Å². The van der Waals surface area contributed by atoms with E-state index in [9.17, 15) is 14.7 Å². The highest BCUT2D eigenvalue weighted by atomic mass is 79.9. The quantitative estimate of drug-likeness (QED) is 0.798. The van der Waals surface area contributed by atoms with Crippen LogP contribution in [0.15, 0.2) is 22.7 Å². The number of carbonyl (C=O) groups is 2. The number of carbonyl (C=O) groups excluding carboxylic acids is 1. The monoisotopic (exact) mass is 387 g/mol. The number of aromatic carboxylic acids is 1. The minimum absolute atomic E-state index is 0.122. The lowest BCUT2D eigenvalue weighted by molar-refractivity contribution is 0.0697. The van der Waals surface area contributed by atoms with E-state index in [-0.39, 0.29) is 11.1 Å². The second-order valence-corrected chi connectivity index (χ2v) is 6.92. The average molecular weight is 389 g/mol. The van der Waals surface area contributed by atoms with E-state index >= 15 is 0 Å². The van der Waals surface area contributed by atoms with Crippen LogP contribution in [0.25, 0.3) is 0 Å². The molecule has 0 unspecified atom stereocenters. The Kier molecular flexibility index (Phi) is 4.70. The molecule has 0 saturated heterocycles. The third kappa shape index (κ3) is 3.28. The molecule has 2 N–H and O–H groups in total. The van der Waals surface area contributed by atoms with Gasteiger partial charge >= 0.3 is 5.97 Å². The van der Waals surface area contributed by atoms with Gasteiger partial charge in [-0.05, 0) is 37.6 Å². The molecule has 110 valence electrons. The van der Waals surface area contributed by atoms with Crippen molar-refractivity contribution in [1.82, 2.24) is 0 Å². The molecule has 2 aromatic rings. The molecule has 1 aromatic carbocycles. The van der Waals surface area contributed by atoms with Crippen LogP contribution in [0, 0.1) is 13.8 Å². The zero-order valence-corrected chi connectivity index (χ0v) is 14.3. The van der Waals surface area contributed by atoms with Gasteiger partial charge in [-0.2, -0.15) is 0 Å². The van der Waals surface area contributed by atoms with Gasteiger partial charge in [-0.15, -0.1) is 11.3 Å². The van der Waals surface area contributed by atoms with E-state index in [1.165, 1.54) is 11.3 Å². The second-order valence-electron chi connectivity index (χ2n) is 4.37. The minimum atomic E-state index is -1.06. The van der Waals surface area contributed by atoms with Crippen molar-refractivity contribution in [1.29, 1.82) is 0 Å². The van der Waals surface area contributed by atoms with Gasteiger partial charge in [0.1, 0.15) is 5.00 Å². The number of thiophene rings is 1. The van der Waals surface area contributed by atoms with Gasteiger partial charge < -0.3 is 10.4 Å². The second kappa shape index (κ2) is 6.17. The highest BCUT2D eigenvalue weighted by molar-refractivity contribution is 9.10. The molecule has 4 nitrogen and oxygen atoms in total. The van der Waals surface area contributed by atoms with E-state index in [0.29, 0.717) is 20.1 Å². The Bertz CT molecular complexity index is 742. The summed E-state index contributed by atoms with van der Waals surface area (Å²) in [5, 5.41) is 12.5. The molecule has 0 saturated carbocycles. The predicted molar refractivity (Wildman–Crippen MR) is 87.9 cm³/mol. The lowest BCUT2D eigenvalue weighted by Crippen LogP contribution is -2.14. The van der Waals surface area contributed by atoms with Crippen molar-refractivity contribution in [2.45, 2.75) is 13.8 Å². The smallest absolute Gasteiger partial charge is 0.338 e. The molecule has 0 aliphatic carbocycles. The third-order valence-electron chi connectivity index (χ3n) is 3.00. The van der Waals surface area contributed by atoms with Gasteiger partial charge in [0.05, 0.1) is 16.1 Å². The van der Waals surface area contributed by atoms with Crippen molar-refractivity contribution in [2.24, 2.45) is 0 Å². The van der Waals surface area contributed by atoms with Crippen molar-refractivity contribution in [3.05, 3.63) is 49.3 Å². The number of hydrogen-bond donors (Lipinski definition) is 2. The van der Waals surface area contributed by atoms with E-state index in [1.54, 1.807) is 25.1 Å². The number of rotatable bonds is 3. The van der Waals surface area contributed by atoms with Gasteiger partial charge in [-0.25, -0.2) is 4.79 Å². The Hall–Kier alpha value is -1.37. The Morgan fingerprint density at radius 2 is 2.00 bits per heavy atom. The molecule has 21 heavy (non-hydrogen) atoms. The van der Waals surface area contributed by atoms with Gasteiger partial charge in [-0.1, -0.05) is 27.5 Å². The molecule has 0 aliphatic rings. The van der Waals surface area contributed by atoms with Crippen molar-refractivity contribution in [3.8, 4) is 0 Å². The molecule has 0 aliphatic heterocycles. The first-order valence-electron chi connectivity index (χ1n) is 5.91. The summed E-state index contributed by atoms with van der Waals surface area (Å²) in [6.07, 6.45) is 0. The summed E-state index contributed by atoms with van der Waals surface area (Å²) in [7, 11) is 0. The van der Waals surface area contributed by atoms with Crippen molar-refractivity contribution < 1.29 is 14.7 Å². The number of aryl methyl sites for hydroxylation is 1. The number of halogens is 2. The number of benzene rings is 1. The molecule has 0 radical (unpaired) electrons. The van der Waals surface area contributed by atoms with Crippen LogP contribution < -0.4 is 5.32 Å². The van der Waals surface area contributed by atoms with Crippen LogP contribution >= 0.6 is 38.9 Å². The van der Waals surface area contributed by atoms with Gasteiger partial charge in [0.15, 0.2) is 0 Å². The van der Waals surface area contributed by atoms with Crippen LogP contribution in [0.1, 0.15) is 31.2 Å². The predicted octanol–water partition coefficient (Wildman–Crippen LogP) is 4.73. The normalized spacial score (nSPS) is 10.5. The average Bonchev–Trinajstić information content (AvgIpc) is 2.67. The zero-order chi connectivity index (χ0) is 15.7. The first-order chi connectivity index (χ1) is 9.81. The Balaban J connectivity index is 2.38. The maximum Gasteiger partial charge on any atom is 0.338 e. The van der Waals surface area contributed by atoms with E-state index in [2.05, 4.69) is 21.2 Å². The number of nitrogens with one attached hydrogen (secondary N) is 1. The van der Waals surface area contributed by atoms with Crippen LogP contribution in [-0.2, 0) is 0 Å². The van der Waals surface area contributed by atoms with Crippen LogP contribution in [-0.4, -0.2) is 17.0 Å². The highest BCUT2D eigenvalue weighted by Gasteiger charge is 2.21. The standard InChI is InChI=1S/C14H11BrClNO3S/c1-6-7(2)21-13(11(6)14(19)20)17-12(18)9-5-8(15)3-4-10(9)16/h3-5H,1-2H3,(H,17,18)(H,19,20). The number of amides is 1. The molecule has 1 heterocycles. The van der Waals surface area contributed by atoms with Gasteiger partial charge in [-0.3, -0.25) is 4.79 Å². The maximum atomic E-state index is 12.3. The summed E-state index contributed by atoms with van der Waals surface area (Å²) in [5.74, 6) is -1.50. The summed E-state index contributed by atoms with van der Waals surface area (Å²) in [6, 6.07) is 4.91. The highest BCUT2D eigenvalue weighted by Crippen LogP contribution is 2.33. The molecule has 7 heteroatoms. The molecule has 1 amide bonds. The van der Waals surface area contributed by atoms with Gasteiger partial charge in [0, 0.05) is 9.35 Å². The molecular formula is C14H11BrClNO3S. The number of carboxylic acid groups (broad SMARTS) is 1. The van der Waals surface area contributed by atoms with E-state index in [4.69, 9.17) is 11.6 Å². The Morgan fingerprint density at radius 1 is 1.33 bits per heavy atom. The lowest BCUT2D eigenvalue weighted by Gasteiger charge is -2.07. The van der Waals surface area contributed by atoms with Crippen molar-refractivity contribution in [2.75, 3.05) is 5.32 Å². The van der Waals surface area contributed by atoms with Crippen LogP contribution in [0.5, 0.6) is 0 Å². The Labute approximate surface area is 138 Å². The Morgan fingerprint density at radius 3 is 2.62 bits per heavy atom. The zero-order valence-electron chi connectivity index (χ0n) is 11.2. The topological polar surface area (TPSA) is 66.4 Å². The summed E-state index contributed by atoms with van der Waals surface area (Å²) >= 11 is 10.5. The molecule has 0 bridgehead atoms. The van der Waals surface area contributed by atoms with Gasteiger partial charge in [0.25, 0.3) is 5.91 Å². The summed E-state index contributed by atoms with van der Waals surface area (Å²) in [6.45, 7) is 3.53. The SMILES string of the molecule is Cc1sc(NC(=O)c2cc(Br)ccc2Cl)c(C(=O)O)c1C. The van der Waals surface area contributed by atoms with Crippen LogP contribution in [0.3, 0.4) is 0 Å². The lowest BCUT2D eigenvalue weighted by atomic mass is 10.1. The first-order valence-corrected chi connectivity index (χ1v) is 7.89. The summed E-state index contributed by atoms with van der Waals surface area (Å²) in [5.41, 5.74) is 1.06. The summed E-state index contributed by atoms with van der Waals surface area (Å²) in [4.78, 5) is 24.4. The number of anilines is 1. The molecular weight excluding hydrogens is 378 g/mol. The third-order valence-corrected chi connectivity index (χ3v) is 4.94. The molecule has 0 spiro atoms. The van der Waals surface area contributed by atoms with E-state index < -0.39 is 11.9 Å². The van der Waals surface area contributed by atoms with Gasteiger partial charge in [0.2, 0.25) is 0 Å². The summed E-state index contributed by atoms with van der Waals surface area (Å²) < 4.78 is 0.717. The molecule has 0 atom stereocenters. The molecule has 1 aromatic heterocycles. The number of hydrogen-bond acceptors (Lipinski definition) is 3. The fraction of sp³-hybridized carbons (Fsp3) is 0.143. The molecule has 0 fully saturated rings. The van der Waals surface area contributed by atoms with Crippen molar-refractivity contribution >= 4 is 55.7 Å². The van der Waals surface area contributed by atoms with E-state index in [1.807, 2.05) is 6.92 Å².